The van der Waals surface area contributed by atoms with Crippen LogP contribution in [0.3, 0.4) is 0 Å². The molecule has 1 aromatic rings. The maximum atomic E-state index is 12.2. The van der Waals surface area contributed by atoms with Crippen molar-refractivity contribution in [1.82, 2.24) is 14.8 Å². The zero-order chi connectivity index (χ0) is 15.2. The van der Waals surface area contributed by atoms with E-state index in [1.54, 1.807) is 32.3 Å². The standard InChI is InChI=1S/C14H19N3O4/c1-16-6-8-20-10-21-9-7-17(2)14(19)12-5-3-4-11(15-12)13(16)18/h3-5H,6-10H2,1-2H3. The number of likely N-dealkylation sites (N-methyl/N-ethyl adjacent to an activating group) is 2. The Morgan fingerprint density at radius 2 is 1.43 bits per heavy atom. The van der Waals surface area contributed by atoms with Gasteiger partial charge in [-0.1, -0.05) is 6.07 Å². The predicted octanol–water partition coefficient (Wildman–Crippen LogP) is 0.230. The zero-order valence-corrected chi connectivity index (χ0v) is 12.2. The van der Waals surface area contributed by atoms with Crippen molar-refractivity contribution >= 4 is 11.8 Å². The molecule has 0 saturated heterocycles. The quantitative estimate of drug-likeness (QED) is 0.685. The Morgan fingerprint density at radius 3 is 1.90 bits per heavy atom. The van der Waals surface area contributed by atoms with E-state index in [-0.39, 0.29) is 30.0 Å². The van der Waals surface area contributed by atoms with Crippen LogP contribution < -0.4 is 0 Å². The minimum Gasteiger partial charge on any atom is -0.354 e. The van der Waals surface area contributed by atoms with E-state index in [0.29, 0.717) is 26.3 Å². The Labute approximate surface area is 123 Å². The molecule has 0 N–H and O–H groups in total. The summed E-state index contributed by atoms with van der Waals surface area (Å²) in [6, 6.07) is 4.87. The van der Waals surface area contributed by atoms with E-state index in [9.17, 15) is 9.59 Å². The van der Waals surface area contributed by atoms with Crippen LogP contribution >= 0.6 is 0 Å². The molecule has 1 aliphatic rings. The fourth-order valence-corrected chi connectivity index (χ4v) is 1.85. The van der Waals surface area contributed by atoms with Gasteiger partial charge in [-0.25, -0.2) is 4.98 Å². The van der Waals surface area contributed by atoms with Crippen LogP contribution in [0.4, 0.5) is 0 Å². The molecule has 0 spiro atoms. The van der Waals surface area contributed by atoms with Crippen LogP contribution in [0.15, 0.2) is 18.2 Å². The first-order valence-electron chi connectivity index (χ1n) is 6.73. The second-order valence-corrected chi connectivity index (χ2v) is 4.80. The van der Waals surface area contributed by atoms with Crippen LogP contribution in [-0.2, 0) is 9.47 Å². The summed E-state index contributed by atoms with van der Waals surface area (Å²) >= 11 is 0. The van der Waals surface area contributed by atoms with Gasteiger partial charge in [-0.3, -0.25) is 9.59 Å². The Balaban J connectivity index is 2.25. The number of hydrogen-bond donors (Lipinski definition) is 0. The van der Waals surface area contributed by atoms with Crippen molar-refractivity contribution in [3.8, 4) is 0 Å². The monoisotopic (exact) mass is 293 g/mol. The van der Waals surface area contributed by atoms with E-state index in [4.69, 9.17) is 9.47 Å². The Morgan fingerprint density at radius 1 is 0.952 bits per heavy atom. The molecule has 0 aliphatic carbocycles. The minimum atomic E-state index is -0.242. The molecule has 7 nitrogen and oxygen atoms in total. The number of rotatable bonds is 0. The van der Waals surface area contributed by atoms with Gasteiger partial charge >= 0.3 is 0 Å². The van der Waals surface area contributed by atoms with Gasteiger partial charge in [0.15, 0.2) is 0 Å². The van der Waals surface area contributed by atoms with Crippen molar-refractivity contribution in [1.29, 1.82) is 0 Å². The topological polar surface area (TPSA) is 72.0 Å². The van der Waals surface area contributed by atoms with Crippen LogP contribution in [0.25, 0.3) is 0 Å². The third-order valence-corrected chi connectivity index (χ3v) is 3.19. The van der Waals surface area contributed by atoms with Crippen molar-refractivity contribution in [2.75, 3.05) is 47.2 Å². The summed E-state index contributed by atoms with van der Waals surface area (Å²) in [5.74, 6) is -0.484. The van der Waals surface area contributed by atoms with Gasteiger partial charge in [-0.2, -0.15) is 0 Å². The number of carbonyl (C=O) groups excluding carboxylic acids is 2. The number of ether oxygens (including phenoxy) is 2. The lowest BCUT2D eigenvalue weighted by atomic mass is 10.2. The highest BCUT2D eigenvalue weighted by molar-refractivity contribution is 5.96. The molecular weight excluding hydrogens is 274 g/mol. The molecule has 21 heavy (non-hydrogen) atoms. The van der Waals surface area contributed by atoms with Gasteiger partial charge in [0.25, 0.3) is 11.8 Å². The Bertz CT molecular complexity index is 479. The number of carbonyl (C=O) groups is 2. The van der Waals surface area contributed by atoms with E-state index in [1.807, 2.05) is 0 Å². The van der Waals surface area contributed by atoms with Crippen molar-refractivity contribution in [2.24, 2.45) is 0 Å². The maximum Gasteiger partial charge on any atom is 0.272 e. The number of fused-ring (bicyclic) bond motifs is 2. The smallest absolute Gasteiger partial charge is 0.272 e. The van der Waals surface area contributed by atoms with E-state index in [2.05, 4.69) is 4.98 Å². The van der Waals surface area contributed by atoms with Crippen LogP contribution in [-0.4, -0.2) is 73.8 Å². The summed E-state index contributed by atoms with van der Waals surface area (Å²) in [7, 11) is 3.33. The highest BCUT2D eigenvalue weighted by Crippen LogP contribution is 2.06. The summed E-state index contributed by atoms with van der Waals surface area (Å²) in [4.78, 5) is 31.6. The number of amides is 2. The van der Waals surface area contributed by atoms with Crippen LogP contribution in [0.1, 0.15) is 21.0 Å². The van der Waals surface area contributed by atoms with Gasteiger partial charge in [0.05, 0.1) is 13.2 Å². The van der Waals surface area contributed by atoms with Crippen LogP contribution in [0.5, 0.6) is 0 Å². The molecule has 1 aliphatic heterocycles. The molecule has 0 saturated carbocycles. The molecule has 2 heterocycles. The molecule has 7 heteroatoms. The summed E-state index contributed by atoms with van der Waals surface area (Å²) in [5.41, 5.74) is 0.509. The molecule has 0 aromatic carbocycles. The summed E-state index contributed by atoms with van der Waals surface area (Å²) < 4.78 is 10.5. The molecular formula is C14H19N3O4. The second kappa shape index (κ2) is 7.14. The number of nitrogens with zero attached hydrogens (tertiary/aromatic N) is 3. The van der Waals surface area contributed by atoms with Gasteiger partial charge in [0.1, 0.15) is 18.2 Å². The average Bonchev–Trinajstić information content (AvgIpc) is 2.51. The summed E-state index contributed by atoms with van der Waals surface area (Å²) in [5, 5.41) is 0. The number of pyridine rings is 1. The van der Waals surface area contributed by atoms with Gasteiger partial charge < -0.3 is 19.3 Å². The molecule has 0 atom stereocenters. The highest BCUT2D eigenvalue weighted by Gasteiger charge is 2.18. The largest absolute Gasteiger partial charge is 0.354 e. The lowest BCUT2D eigenvalue weighted by molar-refractivity contribution is -0.0588. The van der Waals surface area contributed by atoms with Crippen molar-refractivity contribution in [3.05, 3.63) is 29.6 Å². The maximum absolute atomic E-state index is 12.2. The van der Waals surface area contributed by atoms with E-state index < -0.39 is 0 Å². The first kappa shape index (κ1) is 15.4. The van der Waals surface area contributed by atoms with Gasteiger partial charge in [0, 0.05) is 27.2 Å². The molecule has 114 valence electrons. The SMILES string of the molecule is CN1CCOCOCCN(C)C(=O)c2cccc(n2)C1=O. The molecule has 1 aromatic heterocycles. The predicted molar refractivity (Wildman–Crippen MR) is 74.9 cm³/mol. The molecule has 2 amide bonds. The Kier molecular flexibility index (Phi) is 5.24. The zero-order valence-electron chi connectivity index (χ0n) is 12.2. The third kappa shape index (κ3) is 3.99. The highest BCUT2D eigenvalue weighted by atomic mass is 16.7. The Hall–Kier alpha value is -1.99. The van der Waals surface area contributed by atoms with Crippen molar-refractivity contribution in [2.45, 2.75) is 0 Å². The molecule has 2 rings (SSSR count). The minimum absolute atomic E-state index is 0.146. The van der Waals surface area contributed by atoms with Crippen LogP contribution in [0, 0.1) is 0 Å². The first-order valence-corrected chi connectivity index (χ1v) is 6.73. The molecule has 0 unspecified atom stereocenters. The van der Waals surface area contributed by atoms with E-state index in [1.165, 1.54) is 9.80 Å². The molecule has 0 radical (unpaired) electrons. The number of aromatic nitrogens is 1. The van der Waals surface area contributed by atoms with Gasteiger partial charge in [-0.15, -0.1) is 0 Å². The second-order valence-electron chi connectivity index (χ2n) is 4.80. The third-order valence-electron chi connectivity index (χ3n) is 3.19. The van der Waals surface area contributed by atoms with Crippen molar-refractivity contribution in [3.63, 3.8) is 0 Å². The van der Waals surface area contributed by atoms with Crippen molar-refractivity contribution < 1.29 is 19.1 Å². The molecule has 0 fully saturated rings. The van der Waals surface area contributed by atoms with E-state index in [0.717, 1.165) is 0 Å². The summed E-state index contributed by atoms with van der Waals surface area (Å²) in [6.07, 6.45) is 0. The normalized spacial score (nSPS) is 18.6. The number of hydrogen-bond acceptors (Lipinski definition) is 5. The van der Waals surface area contributed by atoms with E-state index >= 15 is 0 Å². The fourth-order valence-electron chi connectivity index (χ4n) is 1.85. The lowest BCUT2D eigenvalue weighted by Crippen LogP contribution is -2.34. The van der Waals surface area contributed by atoms with Crippen LogP contribution in [0.2, 0.25) is 0 Å². The fraction of sp³-hybridized carbons (Fsp3) is 0.500. The first-order chi connectivity index (χ1) is 10.1. The molecule has 2 bridgehead atoms. The summed E-state index contributed by atoms with van der Waals surface area (Å²) in [6.45, 7) is 1.78. The average molecular weight is 293 g/mol. The van der Waals surface area contributed by atoms with Gasteiger partial charge in [0.2, 0.25) is 0 Å². The van der Waals surface area contributed by atoms with Gasteiger partial charge in [-0.05, 0) is 12.1 Å². The lowest BCUT2D eigenvalue weighted by Gasteiger charge is -2.20.